The number of carbonyl (C=O) groups is 1. The van der Waals surface area contributed by atoms with Crippen LogP contribution in [0, 0.1) is 0 Å². The lowest BCUT2D eigenvalue weighted by molar-refractivity contribution is -0.121. The zero-order valence-corrected chi connectivity index (χ0v) is 22.6. The number of thiocarbonyl (C=S) groups is 1. The van der Waals surface area contributed by atoms with Gasteiger partial charge in [0, 0.05) is 33.2 Å². The second kappa shape index (κ2) is 16.8. The van der Waals surface area contributed by atoms with Crippen LogP contribution in [0.3, 0.4) is 0 Å². The second-order valence-corrected chi connectivity index (χ2v) is 9.48. The van der Waals surface area contributed by atoms with Gasteiger partial charge in [-0.3, -0.25) is 9.69 Å². The zero-order chi connectivity index (χ0) is 26.1. The van der Waals surface area contributed by atoms with Gasteiger partial charge in [0.15, 0.2) is 11.9 Å². The molecule has 8 nitrogen and oxygen atoms in total. The first kappa shape index (κ1) is 28.7. The molecule has 3 N–H and O–H groups in total. The minimum absolute atomic E-state index is 0.0301. The van der Waals surface area contributed by atoms with Crippen molar-refractivity contribution in [2.45, 2.75) is 45.1 Å². The SMILES string of the molecule is COCOc1ccccc1NC(=S)NCCCC(=O)NCCCOc1cccc(CN2CCCCC2)c1. The van der Waals surface area contributed by atoms with Gasteiger partial charge < -0.3 is 30.2 Å². The van der Waals surface area contributed by atoms with Crippen molar-refractivity contribution in [3.8, 4) is 11.5 Å². The van der Waals surface area contributed by atoms with Crippen molar-refractivity contribution in [1.29, 1.82) is 0 Å². The Balaban J connectivity index is 1.23. The average molecular weight is 529 g/mol. The Bertz CT molecular complexity index is 969. The maximum atomic E-state index is 12.1. The maximum Gasteiger partial charge on any atom is 0.220 e. The molecular weight excluding hydrogens is 488 g/mol. The van der Waals surface area contributed by atoms with Crippen molar-refractivity contribution in [3.05, 3.63) is 54.1 Å². The number of ether oxygens (including phenoxy) is 3. The summed E-state index contributed by atoms with van der Waals surface area (Å²) < 4.78 is 16.4. The van der Waals surface area contributed by atoms with Crippen LogP contribution < -0.4 is 25.4 Å². The van der Waals surface area contributed by atoms with Crippen LogP contribution in [0.15, 0.2) is 48.5 Å². The standard InChI is InChI=1S/C28H40N4O4S/c1-34-22-36-26-13-4-3-12-25(26)31-28(37)30-15-8-14-27(33)29-16-9-19-35-24-11-7-10-23(20-24)21-32-17-5-2-6-18-32/h3-4,7,10-13,20H,2,5-6,8-9,14-19,21-22H2,1H3,(H,29,33)(H2,30,31,37). The van der Waals surface area contributed by atoms with Crippen molar-refractivity contribution in [1.82, 2.24) is 15.5 Å². The highest BCUT2D eigenvalue weighted by atomic mass is 32.1. The lowest BCUT2D eigenvalue weighted by Gasteiger charge is -2.26. The van der Waals surface area contributed by atoms with Crippen LogP contribution in [0.4, 0.5) is 5.69 Å². The van der Waals surface area contributed by atoms with Gasteiger partial charge in [0.2, 0.25) is 5.91 Å². The number of hydrogen-bond acceptors (Lipinski definition) is 6. The molecule has 1 amide bonds. The third kappa shape index (κ3) is 11.4. The number of nitrogens with one attached hydrogen (secondary N) is 3. The summed E-state index contributed by atoms with van der Waals surface area (Å²) in [5.74, 6) is 1.58. The summed E-state index contributed by atoms with van der Waals surface area (Å²) in [6.45, 7) is 5.28. The maximum absolute atomic E-state index is 12.1. The highest BCUT2D eigenvalue weighted by Crippen LogP contribution is 2.23. The van der Waals surface area contributed by atoms with E-state index in [0.29, 0.717) is 43.4 Å². The van der Waals surface area contributed by atoms with E-state index in [9.17, 15) is 4.79 Å². The van der Waals surface area contributed by atoms with Crippen LogP contribution >= 0.6 is 12.2 Å². The Hall–Kier alpha value is -2.88. The normalized spacial score (nSPS) is 13.5. The summed E-state index contributed by atoms with van der Waals surface area (Å²) in [7, 11) is 1.57. The molecule has 1 heterocycles. The Morgan fingerprint density at radius 1 is 0.973 bits per heavy atom. The molecule has 0 spiro atoms. The molecule has 2 aromatic carbocycles. The molecule has 1 aliphatic rings. The number of nitrogens with zero attached hydrogens (tertiary/aromatic N) is 1. The average Bonchev–Trinajstić information content (AvgIpc) is 2.91. The number of carbonyl (C=O) groups excluding carboxylic acids is 1. The first-order chi connectivity index (χ1) is 18.1. The largest absolute Gasteiger partial charge is 0.494 e. The molecule has 0 radical (unpaired) electrons. The molecule has 0 saturated carbocycles. The quantitative estimate of drug-likeness (QED) is 0.179. The summed E-state index contributed by atoms with van der Waals surface area (Å²) in [4.78, 5) is 14.6. The summed E-state index contributed by atoms with van der Waals surface area (Å²) in [5.41, 5.74) is 2.05. The third-order valence-electron chi connectivity index (χ3n) is 6.00. The van der Waals surface area contributed by atoms with Crippen molar-refractivity contribution >= 4 is 28.9 Å². The van der Waals surface area contributed by atoms with Crippen LogP contribution in [0.25, 0.3) is 0 Å². The van der Waals surface area contributed by atoms with Gasteiger partial charge in [-0.25, -0.2) is 0 Å². The summed E-state index contributed by atoms with van der Waals surface area (Å²) >= 11 is 5.35. The lowest BCUT2D eigenvalue weighted by Crippen LogP contribution is -2.31. The van der Waals surface area contributed by atoms with Gasteiger partial charge in [0.05, 0.1) is 12.3 Å². The number of benzene rings is 2. The number of rotatable bonds is 15. The predicted octanol–water partition coefficient (Wildman–Crippen LogP) is 4.31. The second-order valence-electron chi connectivity index (χ2n) is 9.07. The summed E-state index contributed by atoms with van der Waals surface area (Å²) in [5, 5.41) is 9.68. The van der Waals surface area contributed by atoms with E-state index in [4.69, 9.17) is 26.4 Å². The van der Waals surface area contributed by atoms with Crippen molar-refractivity contribution in [2.24, 2.45) is 0 Å². The third-order valence-corrected chi connectivity index (χ3v) is 6.25. The molecule has 1 fully saturated rings. The molecule has 0 unspecified atom stereocenters. The van der Waals surface area contributed by atoms with Gasteiger partial charge >= 0.3 is 0 Å². The van der Waals surface area contributed by atoms with Crippen molar-refractivity contribution in [2.75, 3.05) is 52.0 Å². The number of piperidine rings is 1. The van der Waals surface area contributed by atoms with Crippen LogP contribution in [-0.4, -0.2) is 62.6 Å². The lowest BCUT2D eigenvalue weighted by atomic mass is 10.1. The van der Waals surface area contributed by atoms with E-state index in [2.05, 4.69) is 39.0 Å². The van der Waals surface area contributed by atoms with E-state index in [1.54, 1.807) is 7.11 Å². The molecule has 202 valence electrons. The number of hydrogen-bond donors (Lipinski definition) is 3. The smallest absolute Gasteiger partial charge is 0.220 e. The molecule has 1 aliphatic heterocycles. The number of anilines is 1. The molecule has 9 heteroatoms. The first-order valence-electron chi connectivity index (χ1n) is 13.1. The molecule has 2 aromatic rings. The fourth-order valence-corrected chi connectivity index (χ4v) is 4.34. The Labute approximate surface area is 226 Å². The number of methoxy groups -OCH3 is 1. The molecule has 3 rings (SSSR count). The van der Waals surface area contributed by atoms with Gasteiger partial charge in [0.1, 0.15) is 11.5 Å². The molecule has 37 heavy (non-hydrogen) atoms. The van der Waals surface area contributed by atoms with Crippen LogP contribution in [0.5, 0.6) is 11.5 Å². The van der Waals surface area contributed by atoms with Gasteiger partial charge in [0.25, 0.3) is 0 Å². The van der Waals surface area contributed by atoms with Crippen LogP contribution in [-0.2, 0) is 16.1 Å². The Morgan fingerprint density at radius 3 is 2.62 bits per heavy atom. The van der Waals surface area contributed by atoms with Gasteiger partial charge in [-0.05, 0) is 80.8 Å². The molecule has 0 aromatic heterocycles. The van der Waals surface area contributed by atoms with E-state index in [0.717, 1.165) is 24.4 Å². The van der Waals surface area contributed by atoms with E-state index >= 15 is 0 Å². The van der Waals surface area contributed by atoms with Gasteiger partial charge in [-0.2, -0.15) is 0 Å². The molecule has 1 saturated heterocycles. The number of amides is 1. The minimum Gasteiger partial charge on any atom is -0.494 e. The summed E-state index contributed by atoms with van der Waals surface area (Å²) in [6, 6.07) is 15.8. The fourth-order valence-electron chi connectivity index (χ4n) is 4.12. The topological polar surface area (TPSA) is 84.1 Å². The van der Waals surface area contributed by atoms with E-state index in [1.807, 2.05) is 30.3 Å². The first-order valence-corrected chi connectivity index (χ1v) is 13.5. The fraction of sp³-hybridized carbons (Fsp3) is 0.500. The highest BCUT2D eigenvalue weighted by molar-refractivity contribution is 7.80. The predicted molar refractivity (Wildman–Crippen MR) is 151 cm³/mol. The Morgan fingerprint density at radius 2 is 1.78 bits per heavy atom. The van der Waals surface area contributed by atoms with Crippen molar-refractivity contribution in [3.63, 3.8) is 0 Å². The van der Waals surface area contributed by atoms with Crippen LogP contribution in [0.1, 0.15) is 44.1 Å². The van der Waals surface area contributed by atoms with E-state index in [-0.39, 0.29) is 12.7 Å². The van der Waals surface area contributed by atoms with E-state index in [1.165, 1.54) is 37.9 Å². The summed E-state index contributed by atoms with van der Waals surface area (Å²) in [6.07, 6.45) is 5.81. The molecule has 0 bridgehead atoms. The van der Waals surface area contributed by atoms with E-state index < -0.39 is 0 Å². The number of para-hydroxylation sites is 2. The highest BCUT2D eigenvalue weighted by Gasteiger charge is 2.11. The Kier molecular flexibility index (Phi) is 13.0. The van der Waals surface area contributed by atoms with Crippen molar-refractivity contribution < 1.29 is 19.0 Å². The number of likely N-dealkylation sites (tertiary alicyclic amines) is 1. The molecular formula is C28H40N4O4S. The minimum atomic E-state index is 0.0301. The molecule has 0 aliphatic carbocycles. The molecule has 0 atom stereocenters. The van der Waals surface area contributed by atoms with Gasteiger partial charge in [-0.15, -0.1) is 0 Å². The monoisotopic (exact) mass is 528 g/mol. The van der Waals surface area contributed by atoms with Gasteiger partial charge in [-0.1, -0.05) is 30.7 Å². The zero-order valence-electron chi connectivity index (χ0n) is 21.8. The van der Waals surface area contributed by atoms with Crippen LogP contribution in [0.2, 0.25) is 0 Å².